The fraction of sp³-hybridized carbons (Fsp3) is 0.0526. The van der Waals surface area contributed by atoms with Crippen molar-refractivity contribution in [3.8, 4) is 17.2 Å². The van der Waals surface area contributed by atoms with Crippen LogP contribution in [0.3, 0.4) is 0 Å². The van der Waals surface area contributed by atoms with Crippen molar-refractivity contribution in [2.75, 3.05) is 11.8 Å². The lowest BCUT2D eigenvalue weighted by molar-refractivity contribution is 0.413. The number of hydrogen-bond donors (Lipinski definition) is 1. The summed E-state index contributed by atoms with van der Waals surface area (Å²) in [4.78, 5) is 0.139. The summed E-state index contributed by atoms with van der Waals surface area (Å²) in [6.07, 6.45) is 0. The van der Waals surface area contributed by atoms with Crippen molar-refractivity contribution < 1.29 is 17.9 Å². The normalized spacial score (nSPS) is 11.0. The first-order valence-corrected chi connectivity index (χ1v) is 9.53. The third kappa shape index (κ3) is 4.47. The molecular weight excluding hydrogens is 374 g/mol. The zero-order chi connectivity index (χ0) is 18.6. The molecule has 0 aliphatic heterocycles. The van der Waals surface area contributed by atoms with Crippen LogP contribution in [0.1, 0.15) is 0 Å². The van der Waals surface area contributed by atoms with Gasteiger partial charge in [0.1, 0.15) is 17.2 Å². The lowest BCUT2D eigenvalue weighted by Crippen LogP contribution is -2.12. The molecule has 0 saturated carbocycles. The van der Waals surface area contributed by atoms with Crippen LogP contribution in [0.4, 0.5) is 5.69 Å². The van der Waals surface area contributed by atoms with Crippen LogP contribution in [0, 0.1) is 0 Å². The van der Waals surface area contributed by atoms with Crippen LogP contribution in [0.5, 0.6) is 17.2 Å². The van der Waals surface area contributed by atoms with Gasteiger partial charge in [-0.25, -0.2) is 8.42 Å². The molecule has 1 N–H and O–H groups in total. The lowest BCUT2D eigenvalue weighted by atomic mass is 10.3. The average Bonchev–Trinajstić information content (AvgIpc) is 2.64. The highest BCUT2D eigenvalue weighted by molar-refractivity contribution is 7.92. The van der Waals surface area contributed by atoms with Gasteiger partial charge in [0.15, 0.2) is 0 Å². The highest BCUT2D eigenvalue weighted by Crippen LogP contribution is 2.26. The van der Waals surface area contributed by atoms with Gasteiger partial charge < -0.3 is 9.47 Å². The van der Waals surface area contributed by atoms with E-state index < -0.39 is 10.0 Å². The summed E-state index contributed by atoms with van der Waals surface area (Å²) in [6, 6.07) is 19.8. The second-order valence-corrected chi connectivity index (χ2v) is 7.48. The van der Waals surface area contributed by atoms with Gasteiger partial charge in [-0.1, -0.05) is 11.6 Å². The van der Waals surface area contributed by atoms with Gasteiger partial charge >= 0.3 is 0 Å². The highest BCUT2D eigenvalue weighted by Gasteiger charge is 2.14. The Balaban J connectivity index is 1.69. The molecule has 0 heterocycles. The van der Waals surface area contributed by atoms with E-state index in [4.69, 9.17) is 21.1 Å². The first-order chi connectivity index (χ1) is 12.5. The zero-order valence-corrected chi connectivity index (χ0v) is 15.4. The molecule has 0 amide bonds. The van der Waals surface area contributed by atoms with E-state index in [9.17, 15) is 8.42 Å². The van der Waals surface area contributed by atoms with Gasteiger partial charge in [-0.3, -0.25) is 4.72 Å². The Morgan fingerprint density at radius 3 is 1.81 bits per heavy atom. The van der Waals surface area contributed by atoms with Crippen molar-refractivity contribution >= 4 is 27.3 Å². The Hall–Kier alpha value is -2.70. The smallest absolute Gasteiger partial charge is 0.261 e. The maximum Gasteiger partial charge on any atom is 0.261 e. The minimum Gasteiger partial charge on any atom is -0.497 e. The van der Waals surface area contributed by atoms with Crippen LogP contribution >= 0.6 is 11.6 Å². The van der Waals surface area contributed by atoms with E-state index >= 15 is 0 Å². The summed E-state index contributed by atoms with van der Waals surface area (Å²) in [6.45, 7) is 0. The SMILES string of the molecule is COc1ccc(Oc2ccc(NS(=O)(=O)c3ccc(Cl)cc3)cc2)cc1. The summed E-state index contributed by atoms with van der Waals surface area (Å²) in [5.74, 6) is 1.98. The maximum absolute atomic E-state index is 12.4. The molecular formula is C19H16ClNO4S. The molecule has 0 aliphatic rings. The van der Waals surface area contributed by atoms with Gasteiger partial charge in [-0.2, -0.15) is 0 Å². The summed E-state index contributed by atoms with van der Waals surface area (Å²) >= 11 is 5.79. The first kappa shape index (κ1) is 18.1. The number of anilines is 1. The van der Waals surface area contributed by atoms with Crippen molar-refractivity contribution in [1.82, 2.24) is 0 Å². The summed E-state index contributed by atoms with van der Waals surface area (Å²) < 4.78 is 38.0. The second-order valence-electron chi connectivity index (χ2n) is 5.36. The Bertz CT molecular complexity index is 970. The van der Waals surface area contributed by atoms with E-state index in [1.54, 1.807) is 55.6 Å². The van der Waals surface area contributed by atoms with Gasteiger partial charge in [0.2, 0.25) is 0 Å². The van der Waals surface area contributed by atoms with E-state index in [-0.39, 0.29) is 4.90 Å². The summed E-state index contributed by atoms with van der Waals surface area (Å²) in [5.41, 5.74) is 0.432. The quantitative estimate of drug-likeness (QED) is 0.648. The van der Waals surface area contributed by atoms with Crippen molar-refractivity contribution in [3.05, 3.63) is 77.8 Å². The van der Waals surface area contributed by atoms with Crippen LogP contribution in [0.2, 0.25) is 5.02 Å². The predicted molar refractivity (Wildman–Crippen MR) is 102 cm³/mol. The largest absolute Gasteiger partial charge is 0.497 e. The first-order valence-electron chi connectivity index (χ1n) is 7.67. The number of benzene rings is 3. The zero-order valence-electron chi connectivity index (χ0n) is 13.8. The van der Waals surface area contributed by atoms with Crippen molar-refractivity contribution in [1.29, 1.82) is 0 Å². The monoisotopic (exact) mass is 389 g/mol. The molecule has 134 valence electrons. The van der Waals surface area contributed by atoms with Gasteiger partial charge in [0.25, 0.3) is 10.0 Å². The minimum atomic E-state index is -3.67. The molecule has 3 rings (SSSR count). The predicted octanol–water partition coefficient (Wildman–Crippen LogP) is 4.94. The van der Waals surface area contributed by atoms with E-state index in [0.29, 0.717) is 22.2 Å². The molecule has 0 aliphatic carbocycles. The molecule has 0 spiro atoms. The molecule has 3 aromatic rings. The average molecular weight is 390 g/mol. The van der Waals surface area contributed by atoms with E-state index in [1.165, 1.54) is 24.3 Å². The van der Waals surface area contributed by atoms with E-state index in [2.05, 4.69) is 4.72 Å². The van der Waals surface area contributed by atoms with Gasteiger partial charge in [-0.15, -0.1) is 0 Å². The number of hydrogen-bond acceptors (Lipinski definition) is 4. The van der Waals surface area contributed by atoms with E-state index in [0.717, 1.165) is 5.75 Å². The van der Waals surface area contributed by atoms with Crippen molar-refractivity contribution in [2.24, 2.45) is 0 Å². The molecule has 26 heavy (non-hydrogen) atoms. The third-order valence-corrected chi connectivity index (χ3v) is 5.17. The Morgan fingerprint density at radius 1 is 0.769 bits per heavy atom. The molecule has 0 saturated heterocycles. The summed E-state index contributed by atoms with van der Waals surface area (Å²) in [5, 5.41) is 0.476. The van der Waals surface area contributed by atoms with Gasteiger partial charge in [0.05, 0.1) is 12.0 Å². The van der Waals surface area contributed by atoms with Gasteiger partial charge in [0, 0.05) is 10.7 Å². The van der Waals surface area contributed by atoms with Crippen LogP contribution in [-0.2, 0) is 10.0 Å². The minimum absolute atomic E-state index is 0.139. The van der Waals surface area contributed by atoms with Gasteiger partial charge in [-0.05, 0) is 72.8 Å². The molecule has 5 nitrogen and oxygen atoms in total. The Morgan fingerprint density at radius 2 is 1.27 bits per heavy atom. The number of nitrogens with one attached hydrogen (secondary N) is 1. The third-order valence-electron chi connectivity index (χ3n) is 3.53. The fourth-order valence-corrected chi connectivity index (χ4v) is 3.38. The van der Waals surface area contributed by atoms with Crippen molar-refractivity contribution in [2.45, 2.75) is 4.90 Å². The van der Waals surface area contributed by atoms with Crippen LogP contribution in [0.25, 0.3) is 0 Å². The number of methoxy groups -OCH3 is 1. The molecule has 0 bridgehead atoms. The molecule has 7 heteroatoms. The molecule has 3 aromatic carbocycles. The number of halogens is 1. The van der Waals surface area contributed by atoms with Crippen LogP contribution < -0.4 is 14.2 Å². The molecule has 0 aromatic heterocycles. The second kappa shape index (κ2) is 7.68. The van der Waals surface area contributed by atoms with Crippen LogP contribution in [-0.4, -0.2) is 15.5 Å². The summed E-state index contributed by atoms with van der Waals surface area (Å²) in [7, 11) is -2.08. The number of ether oxygens (including phenoxy) is 2. The number of rotatable bonds is 6. The molecule has 0 radical (unpaired) electrons. The standard InChI is InChI=1S/C19H16ClNO4S/c1-24-16-8-10-18(11-9-16)25-17-6-4-15(5-7-17)21-26(22,23)19-12-2-14(20)3-13-19/h2-13,21H,1H3. The molecule has 0 atom stereocenters. The van der Waals surface area contributed by atoms with Crippen molar-refractivity contribution in [3.63, 3.8) is 0 Å². The Kier molecular flexibility index (Phi) is 5.35. The highest BCUT2D eigenvalue weighted by atomic mass is 35.5. The lowest BCUT2D eigenvalue weighted by Gasteiger charge is -2.10. The maximum atomic E-state index is 12.4. The molecule has 0 fully saturated rings. The fourth-order valence-electron chi connectivity index (χ4n) is 2.20. The Labute approximate surface area is 157 Å². The van der Waals surface area contributed by atoms with E-state index in [1.807, 2.05) is 0 Å². The number of sulfonamides is 1. The topological polar surface area (TPSA) is 64.6 Å². The molecule has 0 unspecified atom stereocenters. The van der Waals surface area contributed by atoms with Crippen LogP contribution in [0.15, 0.2) is 77.7 Å².